The van der Waals surface area contributed by atoms with Gasteiger partial charge in [-0.1, -0.05) is 6.07 Å². The van der Waals surface area contributed by atoms with Gasteiger partial charge in [-0.3, -0.25) is 4.79 Å². The van der Waals surface area contributed by atoms with Crippen LogP contribution in [0.25, 0.3) is 16.6 Å². The number of fused-ring (bicyclic) bond motifs is 2. The Morgan fingerprint density at radius 1 is 1.06 bits per heavy atom. The van der Waals surface area contributed by atoms with Gasteiger partial charge in [-0.2, -0.15) is 5.10 Å². The van der Waals surface area contributed by atoms with E-state index < -0.39 is 6.10 Å². The number of hydrogen-bond donors (Lipinski definition) is 1. The lowest BCUT2D eigenvalue weighted by Crippen LogP contribution is -2.20. The predicted octanol–water partition coefficient (Wildman–Crippen LogP) is 4.66. The number of ketones is 1. The summed E-state index contributed by atoms with van der Waals surface area (Å²) in [4.78, 5) is 25.3. The number of aromatic nitrogens is 5. The molecular formula is C26H24N6O3. The highest BCUT2D eigenvalue weighted by Crippen LogP contribution is 2.30. The number of methoxy groups -OCH3 is 1. The van der Waals surface area contributed by atoms with Gasteiger partial charge in [-0.25, -0.2) is 19.5 Å². The van der Waals surface area contributed by atoms with E-state index in [0.29, 0.717) is 17.2 Å². The molecule has 0 aliphatic carbocycles. The van der Waals surface area contributed by atoms with E-state index in [9.17, 15) is 4.79 Å². The van der Waals surface area contributed by atoms with Crippen molar-refractivity contribution in [2.24, 2.45) is 0 Å². The molecule has 3 aromatic heterocycles. The van der Waals surface area contributed by atoms with Crippen LogP contribution in [0.1, 0.15) is 18.1 Å². The number of carbonyl (C=O) groups is 1. The number of ether oxygens (including phenoxy) is 2. The molecule has 0 saturated heterocycles. The van der Waals surface area contributed by atoms with Crippen molar-refractivity contribution < 1.29 is 14.3 Å². The second-order valence-electron chi connectivity index (χ2n) is 8.23. The van der Waals surface area contributed by atoms with Crippen molar-refractivity contribution in [1.29, 1.82) is 0 Å². The third-order valence-electron chi connectivity index (χ3n) is 5.80. The Morgan fingerprint density at radius 3 is 2.77 bits per heavy atom. The smallest absolute Gasteiger partial charge is 0.165 e. The first-order valence-corrected chi connectivity index (χ1v) is 11.1. The van der Waals surface area contributed by atoms with Gasteiger partial charge in [0.25, 0.3) is 0 Å². The van der Waals surface area contributed by atoms with Crippen molar-refractivity contribution in [2.75, 3.05) is 12.4 Å². The molecule has 0 fully saturated rings. The first kappa shape index (κ1) is 22.4. The van der Waals surface area contributed by atoms with Crippen LogP contribution in [0.5, 0.6) is 11.5 Å². The lowest BCUT2D eigenvalue weighted by atomic mass is 10.0. The highest BCUT2D eigenvalue weighted by atomic mass is 16.5. The van der Waals surface area contributed by atoms with Gasteiger partial charge in [0.1, 0.15) is 36.1 Å². The number of rotatable bonds is 8. The Labute approximate surface area is 201 Å². The van der Waals surface area contributed by atoms with Crippen LogP contribution in [0.3, 0.4) is 0 Å². The zero-order valence-electron chi connectivity index (χ0n) is 19.6. The number of hydrogen-bond acceptors (Lipinski definition) is 8. The fourth-order valence-corrected chi connectivity index (χ4v) is 3.76. The van der Waals surface area contributed by atoms with E-state index >= 15 is 0 Å². The third-order valence-corrected chi connectivity index (χ3v) is 5.80. The minimum atomic E-state index is -0.447. The number of benzene rings is 2. The lowest BCUT2D eigenvalue weighted by molar-refractivity contribution is -0.127. The second kappa shape index (κ2) is 9.47. The van der Waals surface area contributed by atoms with E-state index in [-0.39, 0.29) is 12.2 Å². The highest BCUT2D eigenvalue weighted by Gasteiger charge is 2.14. The summed E-state index contributed by atoms with van der Waals surface area (Å²) in [6, 6.07) is 15.3. The van der Waals surface area contributed by atoms with E-state index in [1.807, 2.05) is 55.5 Å². The molecule has 1 atom stereocenters. The molecule has 0 radical (unpaired) electrons. The van der Waals surface area contributed by atoms with Crippen LogP contribution in [0, 0.1) is 6.92 Å². The molecular weight excluding hydrogens is 444 g/mol. The summed E-state index contributed by atoms with van der Waals surface area (Å²) < 4.78 is 12.9. The molecule has 0 bridgehead atoms. The lowest BCUT2D eigenvalue weighted by Gasteiger charge is -2.13. The minimum Gasteiger partial charge on any atom is -0.457 e. The second-order valence-corrected chi connectivity index (χ2v) is 8.23. The summed E-state index contributed by atoms with van der Waals surface area (Å²) in [6.07, 6.45) is 4.67. The molecule has 35 heavy (non-hydrogen) atoms. The molecule has 0 saturated carbocycles. The molecule has 2 aromatic carbocycles. The van der Waals surface area contributed by atoms with Gasteiger partial charge < -0.3 is 14.8 Å². The largest absolute Gasteiger partial charge is 0.457 e. The zero-order chi connectivity index (χ0) is 24.4. The quantitative estimate of drug-likeness (QED) is 0.351. The standard InChI is InChI=1S/C26H24N6O3/c1-16-10-19(5-7-24(16)35-20-8-9-32-25(13-20)28-15-30-32)31-26-21-11-18(12-23(33)17(2)34-3)4-6-22(21)27-14-29-26/h4-11,13-15,17H,12H2,1-3H3,(H,27,29,31). The molecule has 0 amide bonds. The molecule has 0 spiro atoms. The van der Waals surface area contributed by atoms with E-state index in [2.05, 4.69) is 25.4 Å². The fourth-order valence-electron chi connectivity index (χ4n) is 3.76. The Balaban J connectivity index is 1.37. The number of nitrogens with zero attached hydrogens (tertiary/aromatic N) is 5. The van der Waals surface area contributed by atoms with Gasteiger partial charge in [-0.15, -0.1) is 0 Å². The van der Waals surface area contributed by atoms with Crippen molar-refractivity contribution in [2.45, 2.75) is 26.4 Å². The molecule has 5 aromatic rings. The Kier molecular flexibility index (Phi) is 6.07. The maximum atomic E-state index is 12.3. The first-order valence-electron chi connectivity index (χ1n) is 11.1. The summed E-state index contributed by atoms with van der Waals surface area (Å²) in [5.74, 6) is 2.10. The van der Waals surface area contributed by atoms with Gasteiger partial charge in [-0.05, 0) is 61.4 Å². The van der Waals surface area contributed by atoms with Crippen LogP contribution in [0.2, 0.25) is 0 Å². The summed E-state index contributed by atoms with van der Waals surface area (Å²) in [7, 11) is 1.53. The van der Waals surface area contributed by atoms with Gasteiger partial charge in [0.15, 0.2) is 11.4 Å². The maximum Gasteiger partial charge on any atom is 0.165 e. The van der Waals surface area contributed by atoms with Crippen LogP contribution in [0.15, 0.2) is 67.4 Å². The molecule has 5 rings (SSSR count). The van der Waals surface area contributed by atoms with Crippen molar-refractivity contribution in [1.82, 2.24) is 24.6 Å². The number of anilines is 2. The van der Waals surface area contributed by atoms with Crippen LogP contribution in [-0.2, 0) is 16.0 Å². The van der Waals surface area contributed by atoms with Gasteiger partial charge in [0.05, 0.1) is 5.52 Å². The fraction of sp³-hybridized carbons (Fsp3) is 0.192. The van der Waals surface area contributed by atoms with Crippen LogP contribution < -0.4 is 10.1 Å². The summed E-state index contributed by atoms with van der Waals surface area (Å²) in [6.45, 7) is 3.73. The number of aryl methyl sites for hydroxylation is 1. The third kappa shape index (κ3) is 4.80. The maximum absolute atomic E-state index is 12.3. The monoisotopic (exact) mass is 468 g/mol. The van der Waals surface area contributed by atoms with E-state index in [1.54, 1.807) is 17.6 Å². The Bertz CT molecular complexity index is 1530. The van der Waals surface area contributed by atoms with Gasteiger partial charge >= 0.3 is 0 Å². The number of nitrogens with one attached hydrogen (secondary N) is 1. The SMILES string of the molecule is COC(C)C(=O)Cc1ccc2ncnc(Nc3ccc(Oc4ccn5ncnc5c4)c(C)c3)c2c1. The highest BCUT2D eigenvalue weighted by molar-refractivity contribution is 5.92. The molecule has 0 aliphatic heterocycles. The molecule has 176 valence electrons. The predicted molar refractivity (Wildman–Crippen MR) is 132 cm³/mol. The van der Waals surface area contributed by atoms with E-state index in [1.165, 1.54) is 19.8 Å². The molecule has 9 nitrogen and oxygen atoms in total. The van der Waals surface area contributed by atoms with Crippen molar-refractivity contribution in [3.63, 3.8) is 0 Å². The summed E-state index contributed by atoms with van der Waals surface area (Å²) in [5, 5.41) is 8.31. The first-order chi connectivity index (χ1) is 17.0. The normalized spacial score (nSPS) is 12.1. The molecule has 0 aliphatic rings. The van der Waals surface area contributed by atoms with Crippen LogP contribution >= 0.6 is 0 Å². The number of pyridine rings is 1. The van der Waals surface area contributed by atoms with Crippen molar-refractivity contribution in [3.8, 4) is 11.5 Å². The van der Waals surface area contributed by atoms with Crippen LogP contribution in [0.4, 0.5) is 11.5 Å². The molecule has 9 heteroatoms. The Hall–Kier alpha value is -4.37. The zero-order valence-corrected chi connectivity index (χ0v) is 19.6. The average Bonchev–Trinajstić information content (AvgIpc) is 3.33. The van der Waals surface area contributed by atoms with E-state index in [4.69, 9.17) is 9.47 Å². The van der Waals surface area contributed by atoms with Gasteiger partial charge in [0.2, 0.25) is 0 Å². The van der Waals surface area contributed by atoms with Crippen molar-refractivity contribution >= 4 is 33.8 Å². The average molecular weight is 469 g/mol. The van der Waals surface area contributed by atoms with Crippen LogP contribution in [-0.4, -0.2) is 43.6 Å². The minimum absolute atomic E-state index is 0.0209. The van der Waals surface area contributed by atoms with Crippen molar-refractivity contribution in [3.05, 3.63) is 78.5 Å². The van der Waals surface area contributed by atoms with E-state index in [0.717, 1.165) is 33.5 Å². The summed E-state index contributed by atoms with van der Waals surface area (Å²) in [5.41, 5.74) is 4.20. The topological polar surface area (TPSA) is 104 Å². The van der Waals surface area contributed by atoms with Gasteiger partial charge in [0, 0.05) is 36.9 Å². The Morgan fingerprint density at radius 2 is 1.94 bits per heavy atom. The molecule has 1 N–H and O–H groups in total. The number of Topliss-reactive ketones (excluding diaryl/α,β-unsaturated/α-hetero) is 1. The number of carbonyl (C=O) groups excluding carboxylic acids is 1. The summed E-state index contributed by atoms with van der Waals surface area (Å²) >= 11 is 0. The molecule has 1 unspecified atom stereocenters. The molecule has 3 heterocycles.